The Bertz CT molecular complexity index is 878. The van der Waals surface area contributed by atoms with Crippen LogP contribution in [0.15, 0.2) is 24.3 Å². The van der Waals surface area contributed by atoms with Crippen molar-refractivity contribution >= 4 is 17.7 Å². The van der Waals surface area contributed by atoms with Crippen molar-refractivity contribution in [1.29, 1.82) is 0 Å². The number of benzene rings is 1. The fraction of sp³-hybridized carbons (Fsp3) is 0.609. The summed E-state index contributed by atoms with van der Waals surface area (Å²) in [6.45, 7) is 6.69. The molecule has 0 radical (unpaired) electrons. The molecule has 1 aromatic rings. The molecule has 2 saturated heterocycles. The van der Waals surface area contributed by atoms with Crippen LogP contribution in [0.5, 0.6) is 5.75 Å². The number of hydrogen-bond acceptors (Lipinski definition) is 4. The number of fused-ring (bicyclic) bond motifs is 2. The van der Waals surface area contributed by atoms with Gasteiger partial charge >= 0.3 is 0 Å². The number of carbonyl (C=O) groups is 3. The van der Waals surface area contributed by atoms with Gasteiger partial charge < -0.3 is 9.64 Å². The van der Waals surface area contributed by atoms with Gasteiger partial charge in [0.2, 0.25) is 17.7 Å². The van der Waals surface area contributed by atoms with Crippen molar-refractivity contribution in [2.75, 3.05) is 19.6 Å². The highest BCUT2D eigenvalue weighted by atomic mass is 19.1. The number of likely N-dealkylation sites (tertiary alicyclic amines) is 2. The molecule has 1 aliphatic carbocycles. The topological polar surface area (TPSA) is 66.9 Å². The van der Waals surface area contributed by atoms with E-state index in [9.17, 15) is 18.8 Å². The van der Waals surface area contributed by atoms with Crippen molar-refractivity contribution in [1.82, 2.24) is 9.80 Å². The number of carbonyl (C=O) groups excluding carboxylic acids is 3. The summed E-state index contributed by atoms with van der Waals surface area (Å²) in [6.07, 6.45) is 2.53. The summed E-state index contributed by atoms with van der Waals surface area (Å²) in [5, 5.41) is 0. The summed E-state index contributed by atoms with van der Waals surface area (Å²) in [7, 11) is 0. The van der Waals surface area contributed by atoms with Crippen LogP contribution in [0.25, 0.3) is 0 Å². The number of rotatable bonds is 4. The van der Waals surface area contributed by atoms with E-state index in [1.54, 1.807) is 17.0 Å². The van der Waals surface area contributed by atoms with Gasteiger partial charge in [-0.25, -0.2) is 4.39 Å². The molecule has 2 heterocycles. The Morgan fingerprint density at radius 3 is 2.53 bits per heavy atom. The van der Waals surface area contributed by atoms with Crippen LogP contribution in [0, 0.1) is 22.6 Å². The maximum absolute atomic E-state index is 13.3. The van der Waals surface area contributed by atoms with Gasteiger partial charge in [-0.05, 0) is 30.4 Å². The summed E-state index contributed by atoms with van der Waals surface area (Å²) in [5.41, 5.74) is -0.981. The van der Waals surface area contributed by atoms with Crippen LogP contribution in [0.3, 0.4) is 0 Å². The Morgan fingerprint density at radius 1 is 1.17 bits per heavy atom. The predicted molar refractivity (Wildman–Crippen MR) is 108 cm³/mol. The van der Waals surface area contributed by atoms with E-state index in [2.05, 4.69) is 0 Å². The zero-order valence-corrected chi connectivity index (χ0v) is 17.8. The average molecular weight is 416 g/mol. The van der Waals surface area contributed by atoms with Crippen LogP contribution < -0.4 is 4.74 Å². The van der Waals surface area contributed by atoms with Gasteiger partial charge in [-0.1, -0.05) is 26.8 Å². The third kappa shape index (κ3) is 3.28. The summed E-state index contributed by atoms with van der Waals surface area (Å²) in [4.78, 5) is 41.8. The van der Waals surface area contributed by atoms with Gasteiger partial charge in [0.15, 0.2) is 0 Å². The second-order valence-electron chi connectivity index (χ2n) is 9.53. The van der Waals surface area contributed by atoms with Crippen LogP contribution >= 0.6 is 0 Å². The number of hydrogen-bond donors (Lipinski definition) is 0. The van der Waals surface area contributed by atoms with E-state index in [1.807, 2.05) is 20.8 Å². The number of amides is 3. The molecule has 7 heteroatoms. The van der Waals surface area contributed by atoms with E-state index in [4.69, 9.17) is 4.74 Å². The molecule has 4 rings (SSSR count). The summed E-state index contributed by atoms with van der Waals surface area (Å²) in [5.74, 6) is -0.707. The molecule has 3 amide bonds. The smallest absolute Gasteiger partial charge is 0.242 e. The molecular weight excluding hydrogens is 387 g/mol. The van der Waals surface area contributed by atoms with E-state index < -0.39 is 5.41 Å². The van der Waals surface area contributed by atoms with Gasteiger partial charge in [0, 0.05) is 37.9 Å². The second-order valence-corrected chi connectivity index (χ2v) is 9.53. The van der Waals surface area contributed by atoms with Crippen molar-refractivity contribution in [3.8, 4) is 5.75 Å². The zero-order valence-electron chi connectivity index (χ0n) is 17.8. The third-order valence-electron chi connectivity index (χ3n) is 7.69. The molecule has 2 bridgehead atoms. The monoisotopic (exact) mass is 416 g/mol. The highest BCUT2D eigenvalue weighted by Crippen LogP contribution is 2.60. The molecule has 2 atom stereocenters. The van der Waals surface area contributed by atoms with Gasteiger partial charge in [-0.3, -0.25) is 19.3 Å². The van der Waals surface area contributed by atoms with Gasteiger partial charge in [0.25, 0.3) is 0 Å². The van der Waals surface area contributed by atoms with Gasteiger partial charge in [0.1, 0.15) is 24.2 Å². The normalized spacial score (nSPS) is 28.7. The van der Waals surface area contributed by atoms with Crippen LogP contribution in [0.1, 0.15) is 46.5 Å². The summed E-state index contributed by atoms with van der Waals surface area (Å²) >= 11 is 0. The van der Waals surface area contributed by atoms with E-state index in [-0.39, 0.29) is 47.5 Å². The maximum atomic E-state index is 13.3. The average Bonchev–Trinajstić information content (AvgIpc) is 2.89. The summed E-state index contributed by atoms with van der Waals surface area (Å²) < 4.78 is 19.1. The van der Waals surface area contributed by atoms with Crippen molar-refractivity contribution in [3.05, 3.63) is 30.1 Å². The minimum Gasteiger partial charge on any atom is -0.490 e. The minimum absolute atomic E-state index is 0.0929. The Morgan fingerprint density at radius 2 is 1.87 bits per heavy atom. The molecule has 6 nitrogen and oxygen atoms in total. The number of ether oxygens (including phenoxy) is 1. The fourth-order valence-corrected chi connectivity index (χ4v) is 5.24. The zero-order chi connectivity index (χ0) is 21.7. The van der Waals surface area contributed by atoms with E-state index in [1.165, 1.54) is 17.0 Å². The second kappa shape index (κ2) is 7.36. The molecule has 1 aromatic carbocycles. The first-order chi connectivity index (χ1) is 14.1. The molecule has 1 saturated carbocycles. The lowest BCUT2D eigenvalue weighted by atomic mass is 9.62. The van der Waals surface area contributed by atoms with Crippen molar-refractivity contribution < 1.29 is 23.5 Å². The van der Waals surface area contributed by atoms with E-state index in [0.717, 1.165) is 0 Å². The Hall–Kier alpha value is -2.44. The lowest BCUT2D eigenvalue weighted by molar-refractivity contribution is -0.170. The van der Waals surface area contributed by atoms with Gasteiger partial charge in [-0.2, -0.15) is 0 Å². The number of halogens is 1. The number of piperidine rings is 2. The largest absolute Gasteiger partial charge is 0.490 e. The number of imide groups is 1. The third-order valence-corrected chi connectivity index (χ3v) is 7.69. The maximum Gasteiger partial charge on any atom is 0.242 e. The number of nitrogens with zero attached hydrogens (tertiary/aromatic N) is 2. The van der Waals surface area contributed by atoms with Gasteiger partial charge in [-0.15, -0.1) is 0 Å². The highest BCUT2D eigenvalue weighted by molar-refractivity contribution is 6.06. The Labute approximate surface area is 176 Å². The molecule has 3 aliphatic rings. The van der Waals surface area contributed by atoms with Crippen LogP contribution in [-0.4, -0.2) is 53.3 Å². The Kier molecular flexibility index (Phi) is 5.11. The van der Waals surface area contributed by atoms with Crippen molar-refractivity contribution in [2.45, 2.75) is 52.6 Å². The molecule has 3 fully saturated rings. The first kappa shape index (κ1) is 20.8. The lowest BCUT2D eigenvalue weighted by Gasteiger charge is -2.47. The molecule has 0 spiro atoms. The lowest BCUT2D eigenvalue weighted by Crippen LogP contribution is -2.61. The molecule has 2 aliphatic heterocycles. The van der Waals surface area contributed by atoms with Crippen molar-refractivity contribution in [2.24, 2.45) is 16.7 Å². The van der Waals surface area contributed by atoms with E-state index >= 15 is 0 Å². The standard InChI is InChI=1S/C23H29FN2O4/c1-22(2)18-7-10-23(22,3)21(29)26(20(18)28)14-19(27)25-11-8-16(9-12-25)30-17-6-4-5-15(24)13-17/h4-6,13,16,18H,7-12,14H2,1-3H3/t18-,23-/m1/s1. The van der Waals surface area contributed by atoms with Crippen LogP contribution in [0.2, 0.25) is 0 Å². The fourth-order valence-electron chi connectivity index (χ4n) is 5.24. The highest BCUT2D eigenvalue weighted by Gasteiger charge is 2.64. The minimum atomic E-state index is -0.600. The van der Waals surface area contributed by atoms with Gasteiger partial charge in [0.05, 0.1) is 5.41 Å². The molecule has 30 heavy (non-hydrogen) atoms. The molecular formula is C23H29FN2O4. The summed E-state index contributed by atoms with van der Waals surface area (Å²) in [6, 6.07) is 6.03. The molecule has 0 unspecified atom stereocenters. The van der Waals surface area contributed by atoms with Crippen molar-refractivity contribution in [3.63, 3.8) is 0 Å². The van der Waals surface area contributed by atoms with E-state index in [0.29, 0.717) is 44.5 Å². The molecule has 0 N–H and O–H groups in total. The molecule has 0 aromatic heterocycles. The first-order valence-electron chi connectivity index (χ1n) is 10.7. The SMILES string of the molecule is CC1(C)[C@@H]2CC[C@]1(C)C(=O)N(CC(=O)N1CCC(Oc3cccc(F)c3)CC1)C2=O. The van der Waals surface area contributed by atoms with Crippen LogP contribution in [0.4, 0.5) is 4.39 Å². The first-order valence-corrected chi connectivity index (χ1v) is 10.7. The van der Waals surface area contributed by atoms with Crippen LogP contribution in [-0.2, 0) is 14.4 Å². The quantitative estimate of drug-likeness (QED) is 0.708. The Balaban J connectivity index is 1.35. The molecule has 162 valence electrons. The predicted octanol–water partition coefficient (Wildman–Crippen LogP) is 3.01.